The van der Waals surface area contributed by atoms with E-state index in [1.54, 1.807) is 29.2 Å². The fourth-order valence-electron chi connectivity index (χ4n) is 0.998. The van der Waals surface area contributed by atoms with Gasteiger partial charge in [0.2, 0.25) is 5.13 Å². The molecule has 2 aromatic rings. The van der Waals surface area contributed by atoms with Gasteiger partial charge in [0.15, 0.2) is 9.49 Å². The summed E-state index contributed by atoms with van der Waals surface area (Å²) in [5, 5.41) is 17.2. The number of rotatable bonds is 4. The van der Waals surface area contributed by atoms with E-state index in [-0.39, 0.29) is 0 Å². The van der Waals surface area contributed by atoms with Crippen molar-refractivity contribution in [3.05, 3.63) is 23.0 Å². The van der Waals surface area contributed by atoms with Crippen molar-refractivity contribution in [2.75, 3.05) is 19.0 Å². The van der Waals surface area contributed by atoms with E-state index in [0.717, 1.165) is 15.2 Å². The topological polar surface area (TPSA) is 54.8 Å². The first kappa shape index (κ1) is 12.5. The van der Waals surface area contributed by atoms with E-state index in [9.17, 15) is 0 Å². The molecule has 0 bridgehead atoms. The average Bonchev–Trinajstić information content (AvgIpc) is 2.77. The molecule has 0 aromatic carbocycles. The van der Waals surface area contributed by atoms with Crippen LogP contribution in [0.2, 0.25) is 5.15 Å². The summed E-state index contributed by atoms with van der Waals surface area (Å²) in [6, 6.07) is 3.59. The smallest absolute Gasteiger partial charge is 0.208 e. The van der Waals surface area contributed by atoms with Crippen LogP contribution in [0.5, 0.6) is 0 Å². The summed E-state index contributed by atoms with van der Waals surface area (Å²) >= 11 is 8.81. The lowest BCUT2D eigenvalue weighted by molar-refractivity contribution is 0.960. The lowest BCUT2D eigenvalue weighted by atomic mass is 10.4. The minimum Gasteiger partial charge on any atom is -0.353 e. The number of halogens is 1. The van der Waals surface area contributed by atoms with Gasteiger partial charge in [0.1, 0.15) is 0 Å². The van der Waals surface area contributed by atoms with Gasteiger partial charge in [-0.25, -0.2) is 0 Å². The summed E-state index contributed by atoms with van der Waals surface area (Å²) in [4.78, 5) is 1.93. The van der Waals surface area contributed by atoms with Crippen molar-refractivity contribution in [3.8, 4) is 0 Å². The van der Waals surface area contributed by atoms with Crippen LogP contribution in [0.25, 0.3) is 0 Å². The molecule has 5 nitrogen and oxygen atoms in total. The molecule has 0 aliphatic rings. The van der Waals surface area contributed by atoms with E-state index in [2.05, 4.69) is 20.4 Å². The highest BCUT2D eigenvalue weighted by atomic mass is 35.5. The molecular formula is C9H10ClN5S2. The molecule has 0 saturated carbocycles. The van der Waals surface area contributed by atoms with Crippen LogP contribution in [0, 0.1) is 0 Å². The molecule has 0 saturated heterocycles. The third-order valence-electron chi connectivity index (χ3n) is 1.81. The largest absolute Gasteiger partial charge is 0.353 e. The summed E-state index contributed by atoms with van der Waals surface area (Å²) in [5.41, 5.74) is 0.876. The summed E-state index contributed by atoms with van der Waals surface area (Å²) in [6.45, 7) is 0. The van der Waals surface area contributed by atoms with Gasteiger partial charge >= 0.3 is 0 Å². The lowest BCUT2D eigenvalue weighted by Gasteiger charge is -2.03. The second-order valence-electron chi connectivity index (χ2n) is 3.38. The Morgan fingerprint density at radius 2 is 2.06 bits per heavy atom. The van der Waals surface area contributed by atoms with Gasteiger partial charge in [-0.3, -0.25) is 0 Å². The molecule has 0 N–H and O–H groups in total. The summed E-state index contributed by atoms with van der Waals surface area (Å²) in [6.07, 6.45) is 0. The number of anilines is 1. The van der Waals surface area contributed by atoms with Crippen LogP contribution in [0.1, 0.15) is 5.69 Å². The van der Waals surface area contributed by atoms with E-state index in [0.29, 0.717) is 10.9 Å². The van der Waals surface area contributed by atoms with Gasteiger partial charge in [-0.1, -0.05) is 34.7 Å². The zero-order valence-electron chi connectivity index (χ0n) is 9.29. The van der Waals surface area contributed by atoms with Crippen LogP contribution in [0.3, 0.4) is 0 Å². The Morgan fingerprint density at radius 3 is 2.65 bits per heavy atom. The maximum absolute atomic E-state index is 5.66. The van der Waals surface area contributed by atoms with Crippen molar-refractivity contribution in [3.63, 3.8) is 0 Å². The highest BCUT2D eigenvalue weighted by Gasteiger charge is 2.07. The molecule has 0 atom stereocenters. The molecular weight excluding hydrogens is 278 g/mol. The van der Waals surface area contributed by atoms with Gasteiger partial charge in [0.25, 0.3) is 0 Å². The highest BCUT2D eigenvalue weighted by Crippen LogP contribution is 2.28. The zero-order valence-corrected chi connectivity index (χ0v) is 11.7. The minimum absolute atomic E-state index is 0.407. The molecule has 0 radical (unpaired) electrons. The van der Waals surface area contributed by atoms with Gasteiger partial charge in [0.05, 0.1) is 5.69 Å². The molecule has 0 aliphatic carbocycles. The van der Waals surface area contributed by atoms with E-state index in [1.807, 2.05) is 25.1 Å². The van der Waals surface area contributed by atoms with Crippen LogP contribution in [0.4, 0.5) is 5.13 Å². The van der Waals surface area contributed by atoms with E-state index in [4.69, 9.17) is 11.6 Å². The van der Waals surface area contributed by atoms with Crippen molar-refractivity contribution in [1.29, 1.82) is 0 Å². The van der Waals surface area contributed by atoms with Gasteiger partial charge in [-0.2, -0.15) is 5.10 Å². The first-order chi connectivity index (χ1) is 8.15. The van der Waals surface area contributed by atoms with Crippen LogP contribution >= 0.6 is 34.7 Å². The molecule has 2 rings (SSSR count). The Balaban J connectivity index is 1.95. The standard InChI is InChI=1S/C9H10ClN5S2/c1-15(2)8-13-14-9(17-8)16-5-6-3-4-7(10)12-11-6/h3-4H,5H2,1-2H3. The first-order valence-electron chi connectivity index (χ1n) is 4.77. The first-order valence-corrected chi connectivity index (χ1v) is 6.95. The van der Waals surface area contributed by atoms with E-state index >= 15 is 0 Å². The quantitative estimate of drug-likeness (QED) is 0.805. The van der Waals surface area contributed by atoms with Crippen molar-refractivity contribution >= 4 is 39.8 Å². The number of hydrogen-bond acceptors (Lipinski definition) is 7. The van der Waals surface area contributed by atoms with Crippen molar-refractivity contribution in [2.24, 2.45) is 0 Å². The number of nitrogens with zero attached hydrogens (tertiary/aromatic N) is 5. The summed E-state index contributed by atoms with van der Waals surface area (Å²) in [5.74, 6) is 0.715. The van der Waals surface area contributed by atoms with Gasteiger partial charge in [-0.05, 0) is 12.1 Å². The highest BCUT2D eigenvalue weighted by molar-refractivity contribution is 8.00. The van der Waals surface area contributed by atoms with Crippen molar-refractivity contribution in [1.82, 2.24) is 20.4 Å². The van der Waals surface area contributed by atoms with Crippen LogP contribution in [-0.2, 0) is 5.75 Å². The third-order valence-corrected chi connectivity index (χ3v) is 4.27. The van der Waals surface area contributed by atoms with Crippen LogP contribution < -0.4 is 4.90 Å². The predicted octanol–water partition coefficient (Wildman–Crippen LogP) is 2.34. The normalized spacial score (nSPS) is 10.5. The molecule has 2 aromatic heterocycles. The lowest BCUT2D eigenvalue weighted by Crippen LogP contribution is -2.07. The SMILES string of the molecule is CN(C)c1nnc(SCc2ccc(Cl)nn2)s1. The van der Waals surface area contributed by atoms with Gasteiger partial charge in [-0.15, -0.1) is 15.3 Å². The van der Waals surface area contributed by atoms with Gasteiger partial charge < -0.3 is 4.90 Å². The number of hydrogen-bond donors (Lipinski definition) is 0. The fourth-order valence-corrected chi connectivity index (χ4v) is 2.76. The second kappa shape index (κ2) is 5.61. The molecule has 0 amide bonds. The minimum atomic E-state index is 0.407. The number of thioether (sulfide) groups is 1. The Kier molecular flexibility index (Phi) is 4.14. The molecule has 17 heavy (non-hydrogen) atoms. The molecule has 2 heterocycles. The van der Waals surface area contributed by atoms with E-state index in [1.165, 1.54) is 0 Å². The fraction of sp³-hybridized carbons (Fsp3) is 0.333. The summed E-state index contributed by atoms with van der Waals surface area (Å²) in [7, 11) is 3.89. The average molecular weight is 288 g/mol. The monoisotopic (exact) mass is 287 g/mol. The van der Waals surface area contributed by atoms with Crippen LogP contribution in [0.15, 0.2) is 16.5 Å². The van der Waals surface area contributed by atoms with Crippen molar-refractivity contribution < 1.29 is 0 Å². The number of aromatic nitrogens is 4. The Hall–Kier alpha value is -0.920. The van der Waals surface area contributed by atoms with Crippen LogP contribution in [-0.4, -0.2) is 34.5 Å². The molecule has 0 fully saturated rings. The Bertz CT molecular complexity index is 484. The van der Waals surface area contributed by atoms with Gasteiger partial charge in [0, 0.05) is 19.8 Å². The third kappa shape index (κ3) is 3.52. The van der Waals surface area contributed by atoms with E-state index < -0.39 is 0 Å². The predicted molar refractivity (Wildman–Crippen MR) is 70.8 cm³/mol. The van der Waals surface area contributed by atoms with Crippen molar-refractivity contribution in [2.45, 2.75) is 10.1 Å². The summed E-state index contributed by atoms with van der Waals surface area (Å²) < 4.78 is 0.922. The molecule has 90 valence electrons. The molecule has 0 spiro atoms. The maximum Gasteiger partial charge on any atom is 0.208 e. The molecule has 0 aliphatic heterocycles. The zero-order chi connectivity index (χ0) is 12.3. The second-order valence-corrected chi connectivity index (χ2v) is 5.95. The maximum atomic E-state index is 5.66. The Labute approximate surface area is 112 Å². The molecule has 8 heteroatoms. The Morgan fingerprint density at radius 1 is 1.24 bits per heavy atom. The molecule has 0 unspecified atom stereocenters.